The molecule has 1 aromatic rings. The number of fused-ring (bicyclic) bond motifs is 1. The molecule has 1 saturated carbocycles. The summed E-state index contributed by atoms with van der Waals surface area (Å²) in [4.78, 5) is 29.3. The number of nitrogens with zero attached hydrogens (tertiary/aromatic N) is 2. The van der Waals surface area contributed by atoms with Gasteiger partial charge in [0.1, 0.15) is 0 Å². The Morgan fingerprint density at radius 1 is 1.00 bits per heavy atom. The smallest absolute Gasteiger partial charge is 0.237 e. The standard InChI is InChI=1S/C20H28N4O2/c25-19(14-18-20(26)22-17-9-5-4-8-16(17)21-18)24-12-10-23(11-13-24)15-6-2-1-3-7-15/h1-3,6-7,16-18,21H,4-5,8-14H2,(H,22,26)/t16-,17+,18+/m1/s1. The van der Waals surface area contributed by atoms with Crippen LogP contribution in [0.3, 0.4) is 0 Å². The van der Waals surface area contributed by atoms with Crippen molar-refractivity contribution >= 4 is 17.5 Å². The van der Waals surface area contributed by atoms with Crippen LogP contribution in [0.1, 0.15) is 32.1 Å². The highest BCUT2D eigenvalue weighted by Gasteiger charge is 2.37. The predicted molar refractivity (Wildman–Crippen MR) is 101 cm³/mol. The van der Waals surface area contributed by atoms with E-state index >= 15 is 0 Å². The molecule has 3 atom stereocenters. The van der Waals surface area contributed by atoms with E-state index in [4.69, 9.17) is 0 Å². The zero-order valence-electron chi connectivity index (χ0n) is 15.2. The van der Waals surface area contributed by atoms with Crippen molar-refractivity contribution in [3.63, 3.8) is 0 Å². The van der Waals surface area contributed by atoms with Gasteiger partial charge in [-0.2, -0.15) is 0 Å². The van der Waals surface area contributed by atoms with Gasteiger partial charge in [-0.05, 0) is 25.0 Å². The Bertz CT molecular complexity index is 642. The van der Waals surface area contributed by atoms with E-state index in [9.17, 15) is 9.59 Å². The average Bonchev–Trinajstić information content (AvgIpc) is 2.69. The molecule has 1 aromatic carbocycles. The van der Waals surface area contributed by atoms with E-state index in [1.165, 1.54) is 18.5 Å². The molecule has 0 spiro atoms. The molecule has 0 unspecified atom stereocenters. The third-order valence-corrected chi connectivity index (χ3v) is 5.96. The molecule has 6 nitrogen and oxygen atoms in total. The lowest BCUT2D eigenvalue weighted by Gasteiger charge is -2.41. The van der Waals surface area contributed by atoms with Crippen molar-refractivity contribution < 1.29 is 9.59 Å². The van der Waals surface area contributed by atoms with Gasteiger partial charge in [-0.25, -0.2) is 0 Å². The molecule has 2 amide bonds. The zero-order chi connectivity index (χ0) is 17.9. The first kappa shape index (κ1) is 17.3. The van der Waals surface area contributed by atoms with Crippen LogP contribution in [0.25, 0.3) is 0 Å². The van der Waals surface area contributed by atoms with Gasteiger partial charge < -0.3 is 20.4 Å². The van der Waals surface area contributed by atoms with Gasteiger partial charge in [0.05, 0.1) is 12.5 Å². The molecule has 2 heterocycles. The van der Waals surface area contributed by atoms with Crippen molar-refractivity contribution in [2.24, 2.45) is 0 Å². The number of benzene rings is 1. The lowest BCUT2D eigenvalue weighted by Crippen LogP contribution is -2.65. The van der Waals surface area contributed by atoms with Gasteiger partial charge in [0.15, 0.2) is 0 Å². The van der Waals surface area contributed by atoms with Crippen molar-refractivity contribution in [2.75, 3.05) is 31.1 Å². The molecule has 0 radical (unpaired) electrons. The summed E-state index contributed by atoms with van der Waals surface area (Å²) < 4.78 is 0. The third-order valence-electron chi connectivity index (χ3n) is 5.96. The lowest BCUT2D eigenvalue weighted by molar-refractivity contribution is -0.136. The summed E-state index contributed by atoms with van der Waals surface area (Å²) in [6.45, 7) is 3.11. The fraction of sp³-hybridized carbons (Fsp3) is 0.600. The normalized spacial score (nSPS) is 29.1. The molecule has 0 bridgehead atoms. The number of rotatable bonds is 3. The van der Waals surface area contributed by atoms with Crippen LogP contribution in [0.15, 0.2) is 30.3 Å². The Kier molecular flexibility index (Phi) is 5.11. The van der Waals surface area contributed by atoms with E-state index in [1.54, 1.807) is 0 Å². The minimum atomic E-state index is -0.381. The van der Waals surface area contributed by atoms with Crippen LogP contribution in [0, 0.1) is 0 Å². The topological polar surface area (TPSA) is 64.7 Å². The highest BCUT2D eigenvalue weighted by atomic mass is 16.2. The molecular formula is C20H28N4O2. The molecule has 3 aliphatic rings. The number of anilines is 1. The van der Waals surface area contributed by atoms with Crippen molar-refractivity contribution in [2.45, 2.75) is 50.2 Å². The van der Waals surface area contributed by atoms with Crippen LogP contribution >= 0.6 is 0 Å². The Labute approximate surface area is 154 Å². The summed E-state index contributed by atoms with van der Waals surface area (Å²) in [6.07, 6.45) is 4.78. The van der Waals surface area contributed by atoms with Gasteiger partial charge in [0.2, 0.25) is 11.8 Å². The summed E-state index contributed by atoms with van der Waals surface area (Å²) in [5.74, 6) is 0.0732. The number of carbonyl (C=O) groups is 2. The highest BCUT2D eigenvalue weighted by Crippen LogP contribution is 2.23. The SMILES string of the molecule is O=C1N[C@H]2CCCC[C@H]2N[C@H]1CC(=O)N1CCN(c2ccccc2)CC1. The average molecular weight is 356 g/mol. The Morgan fingerprint density at radius 3 is 2.42 bits per heavy atom. The monoisotopic (exact) mass is 356 g/mol. The molecule has 2 aliphatic heterocycles. The van der Waals surface area contributed by atoms with Gasteiger partial charge >= 0.3 is 0 Å². The number of hydrogen-bond acceptors (Lipinski definition) is 4. The first-order valence-corrected chi connectivity index (χ1v) is 9.85. The van der Waals surface area contributed by atoms with Crippen molar-refractivity contribution in [1.29, 1.82) is 0 Å². The predicted octanol–water partition coefficient (Wildman–Crippen LogP) is 1.12. The highest BCUT2D eigenvalue weighted by molar-refractivity contribution is 5.89. The van der Waals surface area contributed by atoms with Crippen LogP contribution in [0.4, 0.5) is 5.69 Å². The minimum Gasteiger partial charge on any atom is -0.368 e. The molecule has 0 aromatic heterocycles. The second kappa shape index (κ2) is 7.66. The Hall–Kier alpha value is -2.08. The second-order valence-corrected chi connectivity index (χ2v) is 7.63. The Balaban J connectivity index is 1.29. The second-order valence-electron chi connectivity index (χ2n) is 7.63. The fourth-order valence-electron chi connectivity index (χ4n) is 4.43. The Morgan fingerprint density at radius 2 is 1.69 bits per heavy atom. The third kappa shape index (κ3) is 3.70. The van der Waals surface area contributed by atoms with Gasteiger partial charge in [-0.3, -0.25) is 9.59 Å². The van der Waals surface area contributed by atoms with Crippen LogP contribution in [-0.2, 0) is 9.59 Å². The lowest BCUT2D eigenvalue weighted by atomic mass is 9.87. The number of piperazine rings is 2. The first-order valence-electron chi connectivity index (χ1n) is 9.85. The minimum absolute atomic E-state index is 0.00979. The van der Waals surface area contributed by atoms with Crippen LogP contribution in [-0.4, -0.2) is 61.0 Å². The fourth-order valence-corrected chi connectivity index (χ4v) is 4.43. The summed E-state index contributed by atoms with van der Waals surface area (Å²) in [5.41, 5.74) is 1.20. The maximum atomic E-state index is 12.7. The van der Waals surface area contributed by atoms with E-state index in [0.29, 0.717) is 19.1 Å². The largest absolute Gasteiger partial charge is 0.368 e. The van der Waals surface area contributed by atoms with E-state index in [1.807, 2.05) is 23.1 Å². The molecule has 2 saturated heterocycles. The number of carbonyl (C=O) groups excluding carboxylic acids is 2. The summed E-state index contributed by atoms with van der Waals surface area (Å²) in [6, 6.07) is 10.5. The summed E-state index contributed by atoms with van der Waals surface area (Å²) in [5, 5.41) is 6.56. The molecule has 3 fully saturated rings. The van der Waals surface area contributed by atoms with E-state index < -0.39 is 0 Å². The first-order chi connectivity index (χ1) is 12.7. The molecule has 1 aliphatic carbocycles. The van der Waals surface area contributed by atoms with E-state index in [-0.39, 0.29) is 30.3 Å². The van der Waals surface area contributed by atoms with Crippen molar-refractivity contribution in [3.05, 3.63) is 30.3 Å². The molecule has 6 heteroatoms. The molecular weight excluding hydrogens is 328 g/mol. The van der Waals surface area contributed by atoms with Crippen LogP contribution < -0.4 is 15.5 Å². The van der Waals surface area contributed by atoms with E-state index in [2.05, 4.69) is 27.7 Å². The number of amides is 2. The molecule has 140 valence electrons. The van der Waals surface area contributed by atoms with Crippen LogP contribution in [0.5, 0.6) is 0 Å². The maximum Gasteiger partial charge on any atom is 0.237 e. The van der Waals surface area contributed by atoms with Gasteiger partial charge in [0.25, 0.3) is 0 Å². The number of hydrogen-bond donors (Lipinski definition) is 2. The van der Waals surface area contributed by atoms with E-state index in [0.717, 1.165) is 25.9 Å². The van der Waals surface area contributed by atoms with Gasteiger partial charge in [0, 0.05) is 44.0 Å². The molecule has 26 heavy (non-hydrogen) atoms. The van der Waals surface area contributed by atoms with Crippen molar-refractivity contribution in [3.8, 4) is 0 Å². The zero-order valence-corrected chi connectivity index (χ0v) is 15.2. The summed E-state index contributed by atoms with van der Waals surface area (Å²) in [7, 11) is 0. The van der Waals surface area contributed by atoms with Crippen molar-refractivity contribution in [1.82, 2.24) is 15.5 Å². The van der Waals surface area contributed by atoms with Gasteiger partial charge in [-0.1, -0.05) is 31.0 Å². The maximum absolute atomic E-state index is 12.7. The number of nitrogens with one attached hydrogen (secondary N) is 2. The quantitative estimate of drug-likeness (QED) is 0.852. The van der Waals surface area contributed by atoms with Gasteiger partial charge in [-0.15, -0.1) is 0 Å². The molecule has 2 N–H and O–H groups in total. The molecule has 4 rings (SSSR count). The number of para-hydroxylation sites is 1. The van der Waals surface area contributed by atoms with Crippen LogP contribution in [0.2, 0.25) is 0 Å². The summed E-state index contributed by atoms with van der Waals surface area (Å²) >= 11 is 0.